The Morgan fingerprint density at radius 1 is 1.09 bits per heavy atom. The van der Waals surface area contributed by atoms with Crippen molar-refractivity contribution in [2.24, 2.45) is 0 Å². The van der Waals surface area contributed by atoms with Crippen molar-refractivity contribution in [3.05, 3.63) is 0 Å². The Hall–Kier alpha value is -1.96. The molecule has 0 spiro atoms. The summed E-state index contributed by atoms with van der Waals surface area (Å²) in [5, 5.41) is 2.65. The van der Waals surface area contributed by atoms with E-state index in [9.17, 15) is 19.2 Å². The number of imide groups is 2. The number of carbonyl (C=O) groups excluding carboxylic acids is 4. The largest absolute Gasteiger partial charge is 0.376 e. The Kier molecular flexibility index (Phi) is 4.61. The highest BCUT2D eigenvalue weighted by molar-refractivity contribution is 6.45. The van der Waals surface area contributed by atoms with Crippen molar-refractivity contribution in [2.45, 2.75) is 50.7 Å². The lowest BCUT2D eigenvalue weighted by Gasteiger charge is -2.21. The third-order valence-electron chi connectivity index (χ3n) is 4.63. The van der Waals surface area contributed by atoms with Gasteiger partial charge in [-0.25, -0.2) is 9.69 Å². The number of ether oxygens (including phenoxy) is 1. The van der Waals surface area contributed by atoms with E-state index in [-0.39, 0.29) is 12.1 Å². The van der Waals surface area contributed by atoms with Crippen LogP contribution in [-0.2, 0) is 19.1 Å². The summed E-state index contributed by atoms with van der Waals surface area (Å²) in [6, 6.07) is -0.877. The molecule has 3 rings (SSSR count). The van der Waals surface area contributed by atoms with Crippen molar-refractivity contribution in [3.8, 4) is 0 Å². The van der Waals surface area contributed by atoms with Gasteiger partial charge in [-0.2, -0.15) is 0 Å². The van der Waals surface area contributed by atoms with Crippen molar-refractivity contribution in [1.29, 1.82) is 0 Å². The third kappa shape index (κ3) is 3.21. The zero-order valence-electron chi connectivity index (χ0n) is 13.0. The minimum atomic E-state index is -0.908. The van der Waals surface area contributed by atoms with Gasteiger partial charge in [0.05, 0.1) is 6.10 Å². The smallest absolute Gasteiger partial charge is 0.334 e. The molecule has 0 unspecified atom stereocenters. The maximum Gasteiger partial charge on any atom is 0.334 e. The lowest BCUT2D eigenvalue weighted by molar-refractivity contribution is -0.144. The molecule has 3 aliphatic rings. The van der Waals surface area contributed by atoms with Crippen LogP contribution in [0.25, 0.3) is 0 Å². The zero-order chi connectivity index (χ0) is 16.4. The SMILES string of the molecule is O=C(CN1C(=O)C(=O)N(C2CCCC2)C1=O)NC[C@H]1CCCO1. The van der Waals surface area contributed by atoms with E-state index in [1.807, 2.05) is 0 Å². The van der Waals surface area contributed by atoms with E-state index >= 15 is 0 Å². The van der Waals surface area contributed by atoms with Crippen molar-refractivity contribution in [2.75, 3.05) is 19.7 Å². The maximum absolute atomic E-state index is 12.3. The summed E-state index contributed by atoms with van der Waals surface area (Å²) in [5.74, 6) is -2.17. The van der Waals surface area contributed by atoms with Gasteiger partial charge in [0.25, 0.3) is 0 Å². The number of carbonyl (C=O) groups is 4. The molecule has 23 heavy (non-hydrogen) atoms. The molecule has 1 atom stereocenters. The van der Waals surface area contributed by atoms with Gasteiger partial charge in [0.15, 0.2) is 0 Å². The first-order valence-corrected chi connectivity index (χ1v) is 8.15. The molecule has 1 saturated carbocycles. The van der Waals surface area contributed by atoms with Crippen LogP contribution in [0, 0.1) is 0 Å². The second kappa shape index (κ2) is 6.66. The molecule has 2 aliphatic heterocycles. The van der Waals surface area contributed by atoms with Gasteiger partial charge in [-0.05, 0) is 25.7 Å². The van der Waals surface area contributed by atoms with Gasteiger partial charge in [-0.1, -0.05) is 12.8 Å². The Morgan fingerprint density at radius 2 is 1.83 bits per heavy atom. The molecule has 1 aliphatic carbocycles. The normalized spacial score (nSPS) is 25.7. The number of amides is 5. The van der Waals surface area contributed by atoms with Gasteiger partial charge in [-0.15, -0.1) is 0 Å². The van der Waals surface area contributed by atoms with Crippen molar-refractivity contribution in [1.82, 2.24) is 15.1 Å². The summed E-state index contributed by atoms with van der Waals surface area (Å²) in [4.78, 5) is 50.0. The van der Waals surface area contributed by atoms with Crippen LogP contribution in [0.1, 0.15) is 38.5 Å². The predicted molar refractivity (Wildman–Crippen MR) is 78.2 cm³/mol. The van der Waals surface area contributed by atoms with Crippen LogP contribution >= 0.6 is 0 Å². The van der Waals surface area contributed by atoms with Crippen LogP contribution in [0.4, 0.5) is 4.79 Å². The molecule has 0 aromatic heterocycles. The number of rotatable bonds is 5. The first kappa shape index (κ1) is 15.9. The van der Waals surface area contributed by atoms with Gasteiger partial charge in [0.1, 0.15) is 6.54 Å². The van der Waals surface area contributed by atoms with Crippen LogP contribution in [0.2, 0.25) is 0 Å². The molecular formula is C15H21N3O5. The van der Waals surface area contributed by atoms with E-state index in [0.29, 0.717) is 13.2 Å². The second-order valence-corrected chi connectivity index (χ2v) is 6.23. The van der Waals surface area contributed by atoms with Gasteiger partial charge in [0, 0.05) is 19.2 Å². The quantitative estimate of drug-likeness (QED) is 0.568. The molecule has 0 radical (unpaired) electrons. The Bertz CT molecular complexity index is 523. The molecule has 3 fully saturated rings. The van der Waals surface area contributed by atoms with Gasteiger partial charge >= 0.3 is 17.8 Å². The van der Waals surface area contributed by atoms with E-state index < -0.39 is 30.3 Å². The molecular weight excluding hydrogens is 302 g/mol. The third-order valence-corrected chi connectivity index (χ3v) is 4.63. The molecule has 126 valence electrons. The predicted octanol–water partition coefficient (Wildman–Crippen LogP) is 0.0150. The van der Waals surface area contributed by atoms with E-state index in [1.165, 1.54) is 0 Å². The highest BCUT2D eigenvalue weighted by Crippen LogP contribution is 2.27. The fraction of sp³-hybridized carbons (Fsp3) is 0.733. The molecule has 1 N–H and O–H groups in total. The Morgan fingerprint density at radius 3 is 2.48 bits per heavy atom. The first-order valence-electron chi connectivity index (χ1n) is 8.15. The fourth-order valence-electron chi connectivity index (χ4n) is 3.38. The first-order chi connectivity index (χ1) is 11.1. The summed E-state index contributed by atoms with van der Waals surface area (Å²) in [6.07, 6.45) is 5.17. The molecule has 5 amide bonds. The molecule has 0 aromatic rings. The minimum Gasteiger partial charge on any atom is -0.376 e. The standard InChI is InChI=1S/C15H21N3O5/c19-12(16-8-11-6-3-7-23-11)9-17-13(20)14(21)18(15(17)22)10-4-1-2-5-10/h10-11H,1-9H2,(H,16,19)/t11-/m1/s1. The molecule has 2 saturated heterocycles. The highest BCUT2D eigenvalue weighted by atomic mass is 16.5. The summed E-state index contributed by atoms with van der Waals surface area (Å²) >= 11 is 0. The van der Waals surface area contributed by atoms with Crippen LogP contribution < -0.4 is 5.32 Å². The molecule has 2 heterocycles. The number of urea groups is 1. The average molecular weight is 323 g/mol. The molecule has 8 nitrogen and oxygen atoms in total. The number of nitrogens with one attached hydrogen (secondary N) is 1. The van der Waals surface area contributed by atoms with Crippen molar-refractivity contribution in [3.63, 3.8) is 0 Å². The maximum atomic E-state index is 12.3. The van der Waals surface area contributed by atoms with Crippen LogP contribution in [0.5, 0.6) is 0 Å². The second-order valence-electron chi connectivity index (χ2n) is 6.23. The zero-order valence-corrected chi connectivity index (χ0v) is 13.0. The van der Waals surface area contributed by atoms with Crippen molar-refractivity contribution < 1.29 is 23.9 Å². The minimum absolute atomic E-state index is 0.0134. The lowest BCUT2D eigenvalue weighted by Crippen LogP contribution is -2.44. The summed E-state index contributed by atoms with van der Waals surface area (Å²) in [5.41, 5.74) is 0. The fourth-order valence-corrected chi connectivity index (χ4v) is 3.38. The molecule has 0 aromatic carbocycles. The summed E-state index contributed by atoms with van der Waals surface area (Å²) in [7, 11) is 0. The Balaban J connectivity index is 1.56. The monoisotopic (exact) mass is 323 g/mol. The number of hydrogen-bond acceptors (Lipinski definition) is 5. The average Bonchev–Trinajstić information content (AvgIpc) is 3.25. The highest BCUT2D eigenvalue weighted by Gasteiger charge is 2.48. The van der Waals surface area contributed by atoms with Crippen molar-refractivity contribution >= 4 is 23.8 Å². The molecule has 8 heteroatoms. The van der Waals surface area contributed by atoms with E-state index in [4.69, 9.17) is 4.74 Å². The van der Waals surface area contributed by atoms with Gasteiger partial charge < -0.3 is 10.1 Å². The van der Waals surface area contributed by atoms with Gasteiger partial charge in [-0.3, -0.25) is 19.3 Å². The topological polar surface area (TPSA) is 96.0 Å². The van der Waals surface area contributed by atoms with E-state index in [0.717, 1.165) is 48.3 Å². The number of nitrogens with zero attached hydrogens (tertiary/aromatic N) is 2. The summed E-state index contributed by atoms with van der Waals surface area (Å²) < 4.78 is 5.39. The number of hydrogen-bond donors (Lipinski definition) is 1. The lowest BCUT2D eigenvalue weighted by atomic mass is 10.2. The van der Waals surface area contributed by atoms with Crippen LogP contribution in [0.3, 0.4) is 0 Å². The van der Waals surface area contributed by atoms with E-state index in [1.54, 1.807) is 0 Å². The summed E-state index contributed by atoms with van der Waals surface area (Å²) in [6.45, 7) is 0.628. The Labute approximate surface area is 134 Å². The van der Waals surface area contributed by atoms with E-state index in [2.05, 4.69) is 5.32 Å². The van der Waals surface area contributed by atoms with Gasteiger partial charge in [0.2, 0.25) is 5.91 Å². The van der Waals surface area contributed by atoms with Crippen LogP contribution in [0.15, 0.2) is 0 Å². The molecule has 0 bridgehead atoms. The van der Waals surface area contributed by atoms with Crippen LogP contribution in [-0.4, -0.2) is 65.4 Å².